The van der Waals surface area contributed by atoms with Crippen LogP contribution in [0.5, 0.6) is 0 Å². The van der Waals surface area contributed by atoms with E-state index < -0.39 is 0 Å². The molecule has 6 N–H and O–H groups in total. The number of nitrogen functional groups attached to an aromatic ring is 2. The number of nitrogens with two attached hydrogens (primary N) is 2. The maximum absolute atomic E-state index is 14.2. The minimum atomic E-state index is -0.147. The standard InChI is InChI=1S/C31H28N6O/c32-29(33)25-16-14-21(15-17-25)19-36-27(23-9-3-1-4-10-23)28(24-11-5-2-6-12-24)37(31(36)38)20-22-8-7-13-26(18-22)30(34)35/h1-18H,19-20H2,(H3,32,33)(H3,34,35). The number of nitrogens with zero attached hydrogens (tertiary/aromatic N) is 2. The highest BCUT2D eigenvalue weighted by atomic mass is 16.1. The summed E-state index contributed by atoms with van der Waals surface area (Å²) in [4.78, 5) is 14.2. The van der Waals surface area contributed by atoms with Gasteiger partial charge in [0, 0.05) is 22.3 Å². The topological polar surface area (TPSA) is 127 Å². The fraction of sp³-hybridized carbons (Fsp3) is 0.0645. The van der Waals surface area contributed by atoms with Gasteiger partial charge in [-0.3, -0.25) is 20.0 Å². The summed E-state index contributed by atoms with van der Waals surface area (Å²) in [6, 6.07) is 34.6. The Hall–Kier alpha value is -5.17. The molecule has 0 bridgehead atoms. The summed E-state index contributed by atoms with van der Waals surface area (Å²) >= 11 is 0. The predicted octanol–water partition coefficient (Wildman–Crippen LogP) is 4.65. The van der Waals surface area contributed by atoms with Crippen LogP contribution >= 0.6 is 0 Å². The molecule has 1 aromatic heterocycles. The van der Waals surface area contributed by atoms with E-state index in [1.54, 1.807) is 27.3 Å². The van der Waals surface area contributed by atoms with Gasteiger partial charge in [0.15, 0.2) is 0 Å². The molecule has 4 aromatic carbocycles. The summed E-state index contributed by atoms with van der Waals surface area (Å²) in [6.07, 6.45) is 0. The molecule has 7 heteroatoms. The fourth-order valence-corrected chi connectivity index (χ4v) is 4.66. The molecule has 5 aromatic rings. The van der Waals surface area contributed by atoms with Gasteiger partial charge in [-0.1, -0.05) is 103 Å². The van der Waals surface area contributed by atoms with Gasteiger partial charge in [-0.25, -0.2) is 4.79 Å². The number of aromatic nitrogens is 2. The molecular weight excluding hydrogens is 472 g/mol. The van der Waals surface area contributed by atoms with E-state index in [0.29, 0.717) is 24.2 Å². The molecular formula is C31H28N6O. The number of rotatable bonds is 8. The van der Waals surface area contributed by atoms with Crippen molar-refractivity contribution in [3.05, 3.63) is 142 Å². The Kier molecular flexibility index (Phi) is 6.74. The van der Waals surface area contributed by atoms with Crippen molar-refractivity contribution in [2.75, 3.05) is 0 Å². The van der Waals surface area contributed by atoms with Crippen LogP contribution in [0.15, 0.2) is 114 Å². The van der Waals surface area contributed by atoms with Gasteiger partial charge in [-0.05, 0) is 17.2 Å². The van der Waals surface area contributed by atoms with Crippen LogP contribution in [-0.4, -0.2) is 20.8 Å². The van der Waals surface area contributed by atoms with Crippen molar-refractivity contribution in [2.45, 2.75) is 13.1 Å². The highest BCUT2D eigenvalue weighted by Gasteiger charge is 2.23. The normalized spacial score (nSPS) is 10.8. The largest absolute Gasteiger partial charge is 0.384 e. The minimum Gasteiger partial charge on any atom is -0.384 e. The lowest BCUT2D eigenvalue weighted by Crippen LogP contribution is -2.26. The predicted molar refractivity (Wildman–Crippen MR) is 153 cm³/mol. The molecule has 188 valence electrons. The quantitative estimate of drug-likeness (QED) is 0.183. The van der Waals surface area contributed by atoms with Crippen LogP contribution in [0.25, 0.3) is 22.5 Å². The van der Waals surface area contributed by atoms with Crippen LogP contribution in [0, 0.1) is 10.8 Å². The average Bonchev–Trinajstić information content (AvgIpc) is 3.20. The molecule has 0 atom stereocenters. The van der Waals surface area contributed by atoms with Crippen molar-refractivity contribution in [3.8, 4) is 22.5 Å². The highest BCUT2D eigenvalue weighted by Crippen LogP contribution is 2.33. The van der Waals surface area contributed by atoms with Crippen molar-refractivity contribution in [2.24, 2.45) is 11.5 Å². The van der Waals surface area contributed by atoms with Crippen molar-refractivity contribution in [1.29, 1.82) is 10.8 Å². The second-order valence-corrected chi connectivity index (χ2v) is 9.11. The second kappa shape index (κ2) is 10.4. The average molecular weight is 501 g/mol. The van der Waals surface area contributed by atoms with Gasteiger partial charge in [0.1, 0.15) is 11.7 Å². The summed E-state index contributed by atoms with van der Waals surface area (Å²) in [7, 11) is 0. The van der Waals surface area contributed by atoms with E-state index in [2.05, 4.69) is 0 Å². The van der Waals surface area contributed by atoms with Gasteiger partial charge in [0.2, 0.25) is 0 Å². The van der Waals surface area contributed by atoms with E-state index in [-0.39, 0.29) is 17.4 Å². The Morgan fingerprint density at radius 3 is 1.58 bits per heavy atom. The zero-order valence-electron chi connectivity index (χ0n) is 20.8. The Morgan fingerprint density at radius 2 is 1.08 bits per heavy atom. The van der Waals surface area contributed by atoms with Crippen molar-refractivity contribution < 1.29 is 0 Å². The monoisotopic (exact) mass is 500 g/mol. The Balaban J connectivity index is 1.73. The van der Waals surface area contributed by atoms with Gasteiger partial charge in [0.25, 0.3) is 0 Å². The molecule has 1 heterocycles. The first kappa shape index (κ1) is 24.5. The molecule has 38 heavy (non-hydrogen) atoms. The molecule has 0 aliphatic carbocycles. The fourth-order valence-electron chi connectivity index (χ4n) is 4.66. The van der Waals surface area contributed by atoms with Crippen LogP contribution in [-0.2, 0) is 13.1 Å². The lowest BCUT2D eigenvalue weighted by atomic mass is 10.0. The third kappa shape index (κ3) is 4.90. The van der Waals surface area contributed by atoms with E-state index in [9.17, 15) is 4.79 Å². The molecule has 0 fully saturated rings. The summed E-state index contributed by atoms with van der Waals surface area (Å²) in [5, 5.41) is 15.5. The zero-order chi connectivity index (χ0) is 26.6. The molecule has 0 radical (unpaired) electrons. The lowest BCUT2D eigenvalue weighted by Gasteiger charge is -2.12. The highest BCUT2D eigenvalue weighted by molar-refractivity contribution is 5.95. The van der Waals surface area contributed by atoms with Gasteiger partial charge in [0.05, 0.1) is 24.5 Å². The third-order valence-electron chi connectivity index (χ3n) is 6.50. The SMILES string of the molecule is N=C(N)c1ccc(Cn2c(-c3ccccc3)c(-c3ccccc3)n(Cc3cccc(C(=N)N)c3)c2=O)cc1. The zero-order valence-corrected chi connectivity index (χ0v) is 20.8. The van der Waals surface area contributed by atoms with Crippen molar-refractivity contribution >= 4 is 11.7 Å². The number of amidine groups is 2. The summed E-state index contributed by atoms with van der Waals surface area (Å²) in [5.41, 5.74) is 17.8. The van der Waals surface area contributed by atoms with Gasteiger partial charge < -0.3 is 11.5 Å². The molecule has 0 saturated heterocycles. The Bertz CT molecular complexity index is 1670. The first-order chi connectivity index (χ1) is 18.4. The van der Waals surface area contributed by atoms with Gasteiger partial charge in [-0.2, -0.15) is 0 Å². The van der Waals surface area contributed by atoms with Crippen LogP contribution in [0.4, 0.5) is 0 Å². The summed E-state index contributed by atoms with van der Waals surface area (Å²) in [5.74, 6) is -0.0111. The second-order valence-electron chi connectivity index (χ2n) is 9.11. The Labute approximate surface area is 220 Å². The Morgan fingerprint density at radius 1 is 0.579 bits per heavy atom. The van der Waals surface area contributed by atoms with Crippen LogP contribution < -0.4 is 17.2 Å². The molecule has 0 unspecified atom stereocenters. The minimum absolute atomic E-state index is 0.00370. The number of imidazole rings is 1. The van der Waals surface area contributed by atoms with Crippen LogP contribution in [0.2, 0.25) is 0 Å². The summed E-state index contributed by atoms with van der Waals surface area (Å²) < 4.78 is 3.59. The third-order valence-corrected chi connectivity index (χ3v) is 6.50. The number of hydrogen-bond acceptors (Lipinski definition) is 3. The van der Waals surface area contributed by atoms with Crippen LogP contribution in [0.1, 0.15) is 22.3 Å². The molecule has 0 spiro atoms. The lowest BCUT2D eigenvalue weighted by molar-refractivity contribution is 0.689. The maximum atomic E-state index is 14.2. The van der Waals surface area contributed by atoms with Crippen molar-refractivity contribution in [3.63, 3.8) is 0 Å². The van der Waals surface area contributed by atoms with Gasteiger partial charge >= 0.3 is 5.69 Å². The molecule has 0 amide bonds. The smallest absolute Gasteiger partial charge is 0.329 e. The number of hydrogen-bond donors (Lipinski definition) is 4. The first-order valence-electron chi connectivity index (χ1n) is 12.2. The van der Waals surface area contributed by atoms with E-state index in [4.69, 9.17) is 22.3 Å². The number of nitrogens with one attached hydrogen (secondary N) is 2. The van der Waals surface area contributed by atoms with E-state index in [0.717, 1.165) is 33.6 Å². The van der Waals surface area contributed by atoms with Crippen LogP contribution in [0.3, 0.4) is 0 Å². The molecule has 5 rings (SSSR count). The first-order valence-corrected chi connectivity index (χ1v) is 12.2. The van der Waals surface area contributed by atoms with E-state index >= 15 is 0 Å². The van der Waals surface area contributed by atoms with Gasteiger partial charge in [-0.15, -0.1) is 0 Å². The van der Waals surface area contributed by atoms with Crippen molar-refractivity contribution in [1.82, 2.24) is 9.13 Å². The van der Waals surface area contributed by atoms with E-state index in [1.165, 1.54) is 0 Å². The molecule has 0 aliphatic heterocycles. The summed E-state index contributed by atoms with van der Waals surface area (Å²) in [6.45, 7) is 0.669. The molecule has 7 nitrogen and oxygen atoms in total. The molecule has 0 saturated carbocycles. The number of benzene rings is 4. The van der Waals surface area contributed by atoms with E-state index in [1.807, 2.05) is 91.0 Å². The molecule has 0 aliphatic rings. The maximum Gasteiger partial charge on any atom is 0.329 e.